The Balaban J connectivity index is 2.40. The largest absolute Gasteiger partial charge is 0.484 e. The number of aliphatic hydroxyl groups excluding tert-OH is 1. The molecule has 0 unspecified atom stereocenters. The van der Waals surface area contributed by atoms with Crippen molar-refractivity contribution in [2.45, 2.75) is 13.3 Å². The second-order valence-electron chi connectivity index (χ2n) is 4.14. The van der Waals surface area contributed by atoms with Crippen LogP contribution in [0.2, 0.25) is 0 Å². The Morgan fingerprint density at radius 3 is 2.45 bits per heavy atom. The van der Waals surface area contributed by atoms with Gasteiger partial charge in [-0.2, -0.15) is 0 Å². The summed E-state index contributed by atoms with van der Waals surface area (Å²) in [4.78, 5) is 22.7. The van der Waals surface area contributed by atoms with Crippen molar-refractivity contribution in [1.29, 1.82) is 0 Å². The summed E-state index contributed by atoms with van der Waals surface area (Å²) in [5.41, 5.74) is 0.839. The molecule has 0 spiro atoms. The van der Waals surface area contributed by atoms with Crippen molar-refractivity contribution in [3.63, 3.8) is 0 Å². The Labute approximate surface area is 118 Å². The highest BCUT2D eigenvalue weighted by Crippen LogP contribution is 2.12. The van der Waals surface area contributed by atoms with Gasteiger partial charge in [-0.3, -0.25) is 9.59 Å². The number of hydrogen-bond acceptors (Lipinski definition) is 4. The van der Waals surface area contributed by atoms with Crippen molar-refractivity contribution in [3.8, 4) is 5.75 Å². The van der Waals surface area contributed by atoms with Gasteiger partial charge in [-0.1, -0.05) is 12.1 Å². The molecule has 0 fully saturated rings. The summed E-state index contributed by atoms with van der Waals surface area (Å²) in [7, 11) is 0. The third kappa shape index (κ3) is 6.19. The Morgan fingerprint density at radius 1 is 1.15 bits per heavy atom. The van der Waals surface area contributed by atoms with E-state index in [9.17, 15) is 9.59 Å². The second-order valence-corrected chi connectivity index (χ2v) is 4.14. The number of benzene rings is 1. The maximum absolute atomic E-state index is 11.4. The van der Waals surface area contributed by atoms with Gasteiger partial charge in [0.15, 0.2) is 6.61 Å². The van der Waals surface area contributed by atoms with Crippen LogP contribution in [-0.2, 0) is 16.0 Å². The zero-order valence-electron chi connectivity index (χ0n) is 11.5. The van der Waals surface area contributed by atoms with Crippen LogP contribution in [-0.4, -0.2) is 43.2 Å². The van der Waals surface area contributed by atoms with E-state index in [1.54, 1.807) is 24.3 Å². The number of rotatable bonds is 8. The van der Waals surface area contributed by atoms with E-state index in [1.807, 2.05) is 6.92 Å². The topological polar surface area (TPSA) is 87.7 Å². The highest BCUT2D eigenvalue weighted by atomic mass is 16.5. The number of nitrogens with one attached hydrogen (secondary N) is 2. The molecule has 6 nitrogen and oxygen atoms in total. The van der Waals surface area contributed by atoms with Crippen LogP contribution in [0, 0.1) is 0 Å². The van der Waals surface area contributed by atoms with Gasteiger partial charge >= 0.3 is 0 Å². The van der Waals surface area contributed by atoms with E-state index in [0.29, 0.717) is 12.3 Å². The minimum absolute atomic E-state index is 0.0236. The molecule has 0 saturated carbocycles. The third-order valence-corrected chi connectivity index (χ3v) is 2.47. The first kappa shape index (κ1) is 16.0. The van der Waals surface area contributed by atoms with Crippen LogP contribution >= 0.6 is 0 Å². The standard InChI is InChI=1S/C14H20N2O4/c1-2-15-14(19)10-20-12-5-3-11(4-6-12)9-13(18)16-7-8-17/h3-6,17H,2,7-10H2,1H3,(H,15,19)(H,16,18). The molecule has 0 heterocycles. The molecule has 0 aliphatic heterocycles. The second kappa shape index (κ2) is 8.92. The highest BCUT2D eigenvalue weighted by Gasteiger charge is 2.04. The predicted octanol–water partition coefficient (Wildman–Crippen LogP) is -0.147. The monoisotopic (exact) mass is 280 g/mol. The quantitative estimate of drug-likeness (QED) is 0.618. The smallest absolute Gasteiger partial charge is 0.257 e. The fourth-order valence-corrected chi connectivity index (χ4v) is 1.54. The van der Waals surface area contributed by atoms with Crippen molar-refractivity contribution in [2.24, 2.45) is 0 Å². The van der Waals surface area contributed by atoms with E-state index in [2.05, 4.69) is 10.6 Å². The molecule has 0 bridgehead atoms. The van der Waals surface area contributed by atoms with E-state index in [1.165, 1.54) is 0 Å². The summed E-state index contributed by atoms with van der Waals surface area (Å²) in [6.45, 7) is 2.58. The summed E-state index contributed by atoms with van der Waals surface area (Å²) in [6, 6.07) is 6.97. The molecule has 1 rings (SSSR count). The SMILES string of the molecule is CCNC(=O)COc1ccc(CC(=O)NCCO)cc1. The van der Waals surface area contributed by atoms with E-state index in [0.717, 1.165) is 5.56 Å². The summed E-state index contributed by atoms with van der Waals surface area (Å²) in [5, 5.41) is 13.8. The molecule has 3 N–H and O–H groups in total. The summed E-state index contributed by atoms with van der Waals surface area (Å²) < 4.78 is 5.30. The number of ether oxygens (including phenoxy) is 1. The lowest BCUT2D eigenvalue weighted by Crippen LogP contribution is -2.28. The molecular weight excluding hydrogens is 260 g/mol. The molecule has 0 aromatic heterocycles. The van der Waals surface area contributed by atoms with Crippen molar-refractivity contribution in [1.82, 2.24) is 10.6 Å². The van der Waals surface area contributed by atoms with E-state index < -0.39 is 0 Å². The van der Waals surface area contributed by atoms with Gasteiger partial charge in [-0.05, 0) is 24.6 Å². The molecule has 1 aromatic rings. The van der Waals surface area contributed by atoms with Crippen LogP contribution in [0.15, 0.2) is 24.3 Å². The summed E-state index contributed by atoms with van der Waals surface area (Å²) in [5.74, 6) is 0.269. The molecule has 20 heavy (non-hydrogen) atoms. The van der Waals surface area contributed by atoms with Crippen molar-refractivity contribution >= 4 is 11.8 Å². The Hall–Kier alpha value is -2.08. The molecule has 1 aromatic carbocycles. The van der Waals surface area contributed by atoms with Gasteiger partial charge in [0, 0.05) is 13.1 Å². The van der Waals surface area contributed by atoms with Crippen LogP contribution in [0.1, 0.15) is 12.5 Å². The molecule has 6 heteroatoms. The molecule has 0 radical (unpaired) electrons. The first-order chi connectivity index (χ1) is 9.65. The van der Waals surface area contributed by atoms with Gasteiger partial charge in [0.25, 0.3) is 5.91 Å². The lowest BCUT2D eigenvalue weighted by atomic mass is 10.1. The number of aliphatic hydroxyl groups is 1. The minimum atomic E-state index is -0.167. The molecule has 2 amide bonds. The molecular formula is C14H20N2O4. The van der Waals surface area contributed by atoms with E-state index >= 15 is 0 Å². The van der Waals surface area contributed by atoms with Gasteiger partial charge < -0.3 is 20.5 Å². The number of carbonyl (C=O) groups excluding carboxylic acids is 2. The fourth-order valence-electron chi connectivity index (χ4n) is 1.54. The molecule has 110 valence electrons. The van der Waals surface area contributed by atoms with Crippen LogP contribution in [0.3, 0.4) is 0 Å². The predicted molar refractivity (Wildman–Crippen MR) is 74.4 cm³/mol. The van der Waals surface area contributed by atoms with Crippen LogP contribution in [0.5, 0.6) is 5.75 Å². The van der Waals surface area contributed by atoms with E-state index in [4.69, 9.17) is 9.84 Å². The van der Waals surface area contributed by atoms with Gasteiger partial charge in [0.1, 0.15) is 5.75 Å². The number of likely N-dealkylation sites (N-methyl/N-ethyl adjacent to an activating group) is 1. The zero-order valence-corrected chi connectivity index (χ0v) is 11.5. The first-order valence-electron chi connectivity index (χ1n) is 6.51. The Morgan fingerprint density at radius 2 is 1.85 bits per heavy atom. The number of hydrogen-bond donors (Lipinski definition) is 3. The Bertz CT molecular complexity index is 431. The highest BCUT2D eigenvalue weighted by molar-refractivity contribution is 5.78. The number of carbonyl (C=O) groups is 2. The van der Waals surface area contributed by atoms with Crippen molar-refractivity contribution < 1.29 is 19.4 Å². The van der Waals surface area contributed by atoms with Gasteiger partial charge in [0.05, 0.1) is 13.0 Å². The van der Waals surface area contributed by atoms with Gasteiger partial charge in [-0.15, -0.1) is 0 Å². The van der Waals surface area contributed by atoms with Crippen molar-refractivity contribution in [3.05, 3.63) is 29.8 Å². The first-order valence-corrected chi connectivity index (χ1v) is 6.51. The average molecular weight is 280 g/mol. The van der Waals surface area contributed by atoms with Crippen LogP contribution in [0.4, 0.5) is 0 Å². The summed E-state index contributed by atoms with van der Waals surface area (Å²) in [6.07, 6.45) is 0.247. The Kier molecular flexibility index (Phi) is 7.13. The maximum atomic E-state index is 11.4. The normalized spacial score (nSPS) is 9.90. The lowest BCUT2D eigenvalue weighted by molar-refractivity contribution is -0.123. The fraction of sp³-hybridized carbons (Fsp3) is 0.429. The minimum Gasteiger partial charge on any atom is -0.484 e. The maximum Gasteiger partial charge on any atom is 0.257 e. The zero-order chi connectivity index (χ0) is 14.8. The third-order valence-electron chi connectivity index (χ3n) is 2.47. The van der Waals surface area contributed by atoms with Gasteiger partial charge in [0.2, 0.25) is 5.91 Å². The van der Waals surface area contributed by atoms with Gasteiger partial charge in [-0.25, -0.2) is 0 Å². The molecule has 0 saturated heterocycles. The lowest BCUT2D eigenvalue weighted by Gasteiger charge is -2.07. The van der Waals surface area contributed by atoms with Crippen LogP contribution in [0.25, 0.3) is 0 Å². The number of amides is 2. The molecule has 0 aliphatic rings. The van der Waals surface area contributed by atoms with Crippen LogP contribution < -0.4 is 15.4 Å². The van der Waals surface area contributed by atoms with Crippen molar-refractivity contribution in [2.75, 3.05) is 26.3 Å². The molecule has 0 aliphatic carbocycles. The van der Waals surface area contributed by atoms with E-state index in [-0.39, 0.29) is 38.0 Å². The average Bonchev–Trinajstić information content (AvgIpc) is 2.45. The summed E-state index contributed by atoms with van der Waals surface area (Å²) >= 11 is 0. The molecule has 0 atom stereocenters.